The second-order valence-corrected chi connectivity index (χ2v) is 19.7. The Hall–Kier alpha value is -4.64. The first-order valence-electron chi connectivity index (χ1n) is 25.0. The summed E-state index contributed by atoms with van der Waals surface area (Å²) in [7, 11) is 0. The number of fused-ring (bicyclic) bond motifs is 8. The van der Waals surface area contributed by atoms with Gasteiger partial charge < -0.3 is 39.4 Å². The minimum Gasteiger partial charge on any atom is -0.491 e. The number of rotatable bonds is 28. The van der Waals surface area contributed by atoms with Crippen LogP contribution < -0.4 is 18.9 Å². The van der Waals surface area contributed by atoms with Crippen LogP contribution in [0.2, 0.25) is 0 Å². The molecule has 8 nitrogen and oxygen atoms in total. The molecule has 0 atom stereocenters. The predicted molar refractivity (Wildman–Crippen MR) is 262 cm³/mol. The zero-order valence-electron chi connectivity index (χ0n) is 42.0. The molecule has 4 N–H and O–H groups in total. The maximum absolute atomic E-state index is 14.3. The van der Waals surface area contributed by atoms with Gasteiger partial charge in [0.25, 0.3) is 0 Å². The molecule has 400 valence electrons. The van der Waals surface area contributed by atoms with Gasteiger partial charge in [-0.25, -0.2) is 35.1 Å². The molecule has 72 heavy (non-hydrogen) atoms. The molecule has 0 aromatic heterocycles. The second-order valence-electron chi connectivity index (χ2n) is 19.7. The van der Waals surface area contributed by atoms with Crippen molar-refractivity contribution in [3.63, 3.8) is 0 Å². The van der Waals surface area contributed by atoms with Gasteiger partial charge in [-0.1, -0.05) is 48.5 Å². The second kappa shape index (κ2) is 26.5. The highest BCUT2D eigenvalue weighted by atomic mass is 19.3. The number of aliphatic hydroxyl groups excluding tert-OH is 4. The standard InChI is InChI=1S/C56H72F8O8/c1-53(57,58)13-5-9-37-25-41-33-43-27-38(10-6-14-54(2,59)60)29-45(50(43)70-22-18-66)35-47-31-40(12-8-16-56(4,63)64)32-48(52(47)72-24-20-68)36-46-30-39(11-7-15-55(3,61)62)28-44(51(46)71-23-19-67)34-42(26-37)49(41)69-21-17-65/h25-32,65-68H,5-24,33-36H2,1-4H3. The fourth-order valence-corrected chi connectivity index (χ4v) is 9.50. The van der Waals surface area contributed by atoms with Crippen LogP contribution in [0.15, 0.2) is 48.5 Å². The highest BCUT2D eigenvalue weighted by Crippen LogP contribution is 2.42. The minimum absolute atomic E-state index is 0.0753. The van der Waals surface area contributed by atoms with Gasteiger partial charge in [-0.05, 0) is 146 Å². The van der Waals surface area contributed by atoms with Gasteiger partial charge in [0.2, 0.25) is 23.7 Å². The fraction of sp³-hybridized carbons (Fsp3) is 0.571. The number of ether oxygens (including phenoxy) is 4. The summed E-state index contributed by atoms with van der Waals surface area (Å²) >= 11 is 0. The molecule has 1 aliphatic rings. The van der Waals surface area contributed by atoms with E-state index in [1.807, 2.05) is 48.5 Å². The summed E-state index contributed by atoms with van der Waals surface area (Å²) in [6.07, 6.45) is 0.197. The van der Waals surface area contributed by atoms with Crippen molar-refractivity contribution in [1.29, 1.82) is 0 Å². The van der Waals surface area contributed by atoms with Gasteiger partial charge in [-0.3, -0.25) is 0 Å². The lowest BCUT2D eigenvalue weighted by Crippen LogP contribution is -2.14. The molecule has 0 unspecified atom stereocenters. The van der Waals surface area contributed by atoms with Crippen LogP contribution in [-0.4, -0.2) is 97.0 Å². The van der Waals surface area contributed by atoms with Crippen LogP contribution in [0.3, 0.4) is 0 Å². The Morgan fingerprint density at radius 2 is 0.500 bits per heavy atom. The average Bonchev–Trinajstić information content (AvgIpc) is 3.26. The Bertz CT molecular complexity index is 1930. The molecule has 4 aromatic rings. The molecular weight excluding hydrogens is 953 g/mol. The first-order valence-corrected chi connectivity index (χ1v) is 25.0. The number of aliphatic hydroxyl groups is 4. The van der Waals surface area contributed by atoms with E-state index in [1.165, 1.54) is 0 Å². The minimum atomic E-state index is -2.93. The van der Waals surface area contributed by atoms with Gasteiger partial charge in [-0.15, -0.1) is 0 Å². The zero-order chi connectivity index (χ0) is 52.7. The van der Waals surface area contributed by atoms with Gasteiger partial charge in [0, 0.05) is 51.4 Å². The maximum atomic E-state index is 14.3. The van der Waals surface area contributed by atoms with E-state index in [2.05, 4.69) is 0 Å². The normalized spacial score (nSPS) is 13.3. The van der Waals surface area contributed by atoms with Crippen molar-refractivity contribution >= 4 is 0 Å². The molecule has 0 radical (unpaired) electrons. The van der Waals surface area contributed by atoms with Crippen molar-refractivity contribution in [3.8, 4) is 23.0 Å². The van der Waals surface area contributed by atoms with Crippen LogP contribution in [0.5, 0.6) is 23.0 Å². The molecule has 4 aromatic carbocycles. The van der Waals surface area contributed by atoms with Gasteiger partial charge >= 0.3 is 0 Å². The third kappa shape index (κ3) is 19.0. The smallest absolute Gasteiger partial charge is 0.245 e. The number of alkyl halides is 8. The quantitative estimate of drug-likeness (QED) is 0.0366. The molecule has 1 aliphatic carbocycles. The van der Waals surface area contributed by atoms with Crippen LogP contribution in [0, 0.1) is 0 Å². The summed E-state index contributed by atoms with van der Waals surface area (Å²) in [5.41, 5.74) is 7.36. The van der Waals surface area contributed by atoms with Crippen LogP contribution in [-0.2, 0) is 51.4 Å². The molecule has 16 heteroatoms. The third-order valence-corrected chi connectivity index (χ3v) is 12.4. The Morgan fingerprint density at radius 3 is 0.639 bits per heavy atom. The summed E-state index contributed by atoms with van der Waals surface area (Å²) in [6, 6.07) is 14.8. The monoisotopic (exact) mass is 1020 g/mol. The lowest BCUT2D eigenvalue weighted by molar-refractivity contribution is 0.0103. The molecule has 0 saturated heterocycles. The van der Waals surface area contributed by atoms with E-state index in [1.54, 1.807) is 0 Å². The third-order valence-electron chi connectivity index (χ3n) is 12.4. The van der Waals surface area contributed by atoms with E-state index < -0.39 is 23.7 Å². The number of hydrogen-bond acceptors (Lipinski definition) is 8. The first-order chi connectivity index (χ1) is 34.0. The number of benzene rings is 4. The summed E-state index contributed by atoms with van der Waals surface area (Å²) in [4.78, 5) is 0. The number of hydrogen-bond donors (Lipinski definition) is 4. The SMILES string of the molecule is CC(F)(F)CCCc1cc2c(OCCO)c(c1)Cc1cc(CCCC(C)(F)F)cc(c1OCCO)Cc1cc(CCCC(C)(F)F)cc(c1OCCO)Cc1cc(CCCC(C)(F)F)cc(c1OCCO)C2. The molecule has 0 fully saturated rings. The molecule has 0 amide bonds. The Labute approximate surface area is 418 Å². The summed E-state index contributed by atoms with van der Waals surface area (Å²) in [5.74, 6) is -10.3. The number of aryl methyl sites for hydroxylation is 4. The first kappa shape index (κ1) is 58.3. The summed E-state index contributed by atoms with van der Waals surface area (Å²) in [5, 5.41) is 40.5. The lowest BCUT2D eigenvalue weighted by atomic mass is 9.86. The molecule has 5 rings (SSSR count). The zero-order valence-corrected chi connectivity index (χ0v) is 42.0. The molecule has 0 saturated carbocycles. The molecular formula is C56H72F8O8. The lowest BCUT2D eigenvalue weighted by Gasteiger charge is -2.25. The van der Waals surface area contributed by atoms with E-state index in [0.717, 1.165) is 27.7 Å². The van der Waals surface area contributed by atoms with E-state index in [4.69, 9.17) is 18.9 Å². The van der Waals surface area contributed by atoms with Gasteiger partial charge in [0.1, 0.15) is 49.4 Å². The van der Waals surface area contributed by atoms with E-state index in [9.17, 15) is 55.5 Å². The Kier molecular flexibility index (Phi) is 21.5. The predicted octanol–water partition coefficient (Wildman–Crippen LogP) is 11.8. The van der Waals surface area contributed by atoms with Crippen molar-refractivity contribution in [3.05, 3.63) is 115 Å². The highest BCUT2D eigenvalue weighted by molar-refractivity contribution is 5.59. The van der Waals surface area contributed by atoms with Crippen LogP contribution in [0.25, 0.3) is 0 Å². The summed E-state index contributed by atoms with van der Waals surface area (Å²) in [6.45, 7) is 1.40. The molecule has 0 aliphatic heterocycles. The van der Waals surface area contributed by atoms with Crippen molar-refractivity contribution in [1.82, 2.24) is 0 Å². The molecule has 8 bridgehead atoms. The molecule has 0 heterocycles. The van der Waals surface area contributed by atoms with E-state index in [-0.39, 0.29) is 156 Å². The van der Waals surface area contributed by atoms with Gasteiger partial charge in [0.05, 0.1) is 26.4 Å². The van der Waals surface area contributed by atoms with Gasteiger partial charge in [0.15, 0.2) is 0 Å². The maximum Gasteiger partial charge on any atom is 0.245 e. The van der Waals surface area contributed by atoms with Crippen molar-refractivity contribution in [2.45, 2.75) is 154 Å². The van der Waals surface area contributed by atoms with Crippen LogP contribution in [0.1, 0.15) is 146 Å². The Morgan fingerprint density at radius 1 is 0.333 bits per heavy atom. The number of halogens is 8. The van der Waals surface area contributed by atoms with Crippen LogP contribution >= 0.6 is 0 Å². The van der Waals surface area contributed by atoms with Crippen molar-refractivity contribution < 1.29 is 74.5 Å². The Balaban J connectivity index is 1.91. The van der Waals surface area contributed by atoms with E-state index in [0.29, 0.717) is 89.8 Å². The van der Waals surface area contributed by atoms with Crippen molar-refractivity contribution in [2.24, 2.45) is 0 Å². The highest BCUT2D eigenvalue weighted by Gasteiger charge is 2.28. The molecule has 0 spiro atoms. The van der Waals surface area contributed by atoms with E-state index >= 15 is 0 Å². The fourth-order valence-electron chi connectivity index (χ4n) is 9.50. The van der Waals surface area contributed by atoms with Gasteiger partial charge in [-0.2, -0.15) is 0 Å². The van der Waals surface area contributed by atoms with Crippen molar-refractivity contribution in [2.75, 3.05) is 52.9 Å². The topological polar surface area (TPSA) is 118 Å². The summed E-state index contributed by atoms with van der Waals surface area (Å²) < 4.78 is 140. The average molecular weight is 1030 g/mol. The van der Waals surface area contributed by atoms with Crippen LogP contribution in [0.4, 0.5) is 35.1 Å². The largest absolute Gasteiger partial charge is 0.491 e.